The summed E-state index contributed by atoms with van der Waals surface area (Å²) in [7, 11) is 0. The number of rotatable bonds is 10. The molecule has 0 saturated carbocycles. The van der Waals surface area contributed by atoms with Crippen LogP contribution < -0.4 is 20.2 Å². The normalized spacial score (nSPS) is 12.0. The number of benzene rings is 12. The summed E-state index contributed by atoms with van der Waals surface area (Å²) < 4.78 is 0. The molecule has 72 heavy (non-hydrogen) atoms. The van der Waals surface area contributed by atoms with Gasteiger partial charge in [0.05, 0.1) is 0 Å². The van der Waals surface area contributed by atoms with Crippen molar-refractivity contribution in [1.82, 2.24) is 0 Å². The van der Waals surface area contributed by atoms with Crippen LogP contribution in [0.2, 0.25) is 0 Å². The van der Waals surface area contributed by atoms with Gasteiger partial charge in [0.25, 0.3) is 0 Å². The van der Waals surface area contributed by atoms with Gasteiger partial charge in [-0.05, 0) is 179 Å². The molecule has 13 rings (SSSR count). The van der Waals surface area contributed by atoms with Gasteiger partial charge in [-0.1, -0.05) is 200 Å². The van der Waals surface area contributed by atoms with Crippen molar-refractivity contribution >= 4 is 78.6 Å². The van der Waals surface area contributed by atoms with E-state index in [0.29, 0.717) is 0 Å². The SMILES string of the molecule is C1=c2c(-c3cccc(-c4c5ccccc5c(-c5cccc(N(c6ccccc6)c6ccccc6)c5)c5ccccc45)c3)c3ccccc3c(-c3cccc(N(c4ccccc4)c4ccccc4)c3)c2=CCC1. The van der Waals surface area contributed by atoms with Crippen LogP contribution >= 0.6 is 0 Å². The molecule has 0 atom stereocenters. The Balaban J connectivity index is 0.975. The zero-order valence-electron chi connectivity index (χ0n) is 39.9. The van der Waals surface area contributed by atoms with Gasteiger partial charge in [0.15, 0.2) is 0 Å². The molecule has 0 saturated heterocycles. The fourth-order valence-corrected chi connectivity index (χ4v) is 11.4. The first-order valence-corrected chi connectivity index (χ1v) is 25.1. The van der Waals surface area contributed by atoms with E-state index in [2.05, 4.69) is 289 Å². The van der Waals surface area contributed by atoms with Crippen molar-refractivity contribution in [3.8, 4) is 44.5 Å². The van der Waals surface area contributed by atoms with Crippen LogP contribution in [0.15, 0.2) is 267 Å². The summed E-state index contributed by atoms with van der Waals surface area (Å²) >= 11 is 0. The number of para-hydroxylation sites is 4. The van der Waals surface area contributed by atoms with Gasteiger partial charge in [0.1, 0.15) is 0 Å². The van der Waals surface area contributed by atoms with Gasteiger partial charge in [-0.25, -0.2) is 0 Å². The Hall–Kier alpha value is -9.24. The number of hydrogen-bond donors (Lipinski definition) is 0. The second kappa shape index (κ2) is 18.6. The molecule has 0 aliphatic heterocycles. The number of hydrogen-bond acceptors (Lipinski definition) is 2. The molecule has 0 radical (unpaired) electrons. The van der Waals surface area contributed by atoms with Crippen molar-refractivity contribution < 1.29 is 0 Å². The third-order valence-electron chi connectivity index (χ3n) is 14.4. The molecule has 2 heteroatoms. The minimum absolute atomic E-state index is 1.000. The Morgan fingerprint density at radius 3 is 0.806 bits per heavy atom. The molecule has 1 aliphatic carbocycles. The van der Waals surface area contributed by atoms with Crippen molar-refractivity contribution in [2.75, 3.05) is 9.80 Å². The van der Waals surface area contributed by atoms with Gasteiger partial charge in [-0.2, -0.15) is 0 Å². The lowest BCUT2D eigenvalue weighted by Gasteiger charge is -2.26. The molecule has 12 aromatic rings. The standard InChI is InChI=1S/C70H50N2/c1-5-28-53(29-6-1)71(54-30-7-2-8-31-54)57-36-22-26-51(47-57)69-63-42-17-13-38-59(63)67(60-39-14-18-43-64(60)69)49-24-21-25-50(46-49)68-61-40-15-19-44-65(61)70(66-45-20-16-41-62(66)68)52-27-23-37-58(48-52)72(55-32-9-3-10-33-55)56-34-11-4-12-35-56/h1-15,17-19,21-48H,16,20H2. The molecule has 2 nitrogen and oxygen atoms in total. The topological polar surface area (TPSA) is 6.48 Å². The highest BCUT2D eigenvalue weighted by atomic mass is 15.1. The lowest BCUT2D eigenvalue weighted by Crippen LogP contribution is -2.31. The average molecular weight is 919 g/mol. The number of anilines is 6. The van der Waals surface area contributed by atoms with Crippen LogP contribution in [0.4, 0.5) is 34.1 Å². The van der Waals surface area contributed by atoms with Gasteiger partial charge >= 0.3 is 0 Å². The highest BCUT2D eigenvalue weighted by Crippen LogP contribution is 2.46. The summed E-state index contributed by atoms with van der Waals surface area (Å²) in [6.07, 6.45) is 6.97. The van der Waals surface area contributed by atoms with Gasteiger partial charge in [-0.15, -0.1) is 0 Å². The van der Waals surface area contributed by atoms with Crippen LogP contribution in [-0.4, -0.2) is 0 Å². The van der Waals surface area contributed by atoms with E-state index in [1.807, 2.05) is 0 Å². The summed E-state index contributed by atoms with van der Waals surface area (Å²) in [5, 5.41) is 10.1. The molecule has 1 aliphatic rings. The van der Waals surface area contributed by atoms with E-state index < -0.39 is 0 Å². The fraction of sp³-hybridized carbons (Fsp3) is 0.0286. The first kappa shape index (κ1) is 42.8. The Morgan fingerprint density at radius 1 is 0.208 bits per heavy atom. The first-order valence-electron chi connectivity index (χ1n) is 25.1. The number of nitrogens with zero attached hydrogens (tertiary/aromatic N) is 2. The van der Waals surface area contributed by atoms with Gasteiger partial charge in [0, 0.05) is 34.1 Å². The third kappa shape index (κ3) is 7.62. The maximum atomic E-state index is 2.49. The monoisotopic (exact) mass is 918 g/mol. The van der Waals surface area contributed by atoms with E-state index in [1.54, 1.807) is 0 Å². The maximum absolute atomic E-state index is 2.49. The molecule has 0 heterocycles. The highest BCUT2D eigenvalue weighted by molar-refractivity contribution is 6.22. The predicted molar refractivity (Wildman–Crippen MR) is 307 cm³/mol. The summed E-state index contributed by atoms with van der Waals surface area (Å²) in [5.41, 5.74) is 16.6. The van der Waals surface area contributed by atoms with Crippen LogP contribution in [0.3, 0.4) is 0 Å². The molecular weight excluding hydrogens is 869 g/mol. The van der Waals surface area contributed by atoms with E-state index in [1.165, 1.54) is 87.3 Å². The van der Waals surface area contributed by atoms with Crippen molar-refractivity contribution in [2.45, 2.75) is 12.8 Å². The minimum Gasteiger partial charge on any atom is -0.310 e. The second-order valence-corrected chi connectivity index (χ2v) is 18.6. The van der Waals surface area contributed by atoms with Crippen LogP contribution in [0.25, 0.3) is 89.0 Å². The molecule has 0 unspecified atom stereocenters. The van der Waals surface area contributed by atoms with Crippen molar-refractivity contribution in [2.24, 2.45) is 0 Å². The van der Waals surface area contributed by atoms with Gasteiger partial charge in [-0.3, -0.25) is 0 Å². The van der Waals surface area contributed by atoms with Crippen LogP contribution in [0.1, 0.15) is 12.8 Å². The van der Waals surface area contributed by atoms with Crippen LogP contribution in [-0.2, 0) is 0 Å². The molecule has 0 aromatic heterocycles. The van der Waals surface area contributed by atoms with E-state index in [9.17, 15) is 0 Å². The third-order valence-corrected chi connectivity index (χ3v) is 14.4. The maximum Gasteiger partial charge on any atom is 0.0467 e. The van der Waals surface area contributed by atoms with Crippen molar-refractivity contribution in [1.29, 1.82) is 0 Å². The molecule has 0 spiro atoms. The van der Waals surface area contributed by atoms with Crippen LogP contribution in [0, 0.1) is 0 Å². The summed E-state index contributed by atoms with van der Waals surface area (Å²) in [5.74, 6) is 0. The Morgan fingerprint density at radius 2 is 0.458 bits per heavy atom. The van der Waals surface area contributed by atoms with Crippen molar-refractivity contribution in [3.05, 3.63) is 277 Å². The molecule has 12 aromatic carbocycles. The zero-order chi connectivity index (χ0) is 47.8. The molecule has 340 valence electrons. The van der Waals surface area contributed by atoms with E-state index in [0.717, 1.165) is 47.0 Å². The van der Waals surface area contributed by atoms with Gasteiger partial charge in [0.2, 0.25) is 0 Å². The average Bonchev–Trinajstić information content (AvgIpc) is 3.45. The minimum atomic E-state index is 1.000. The summed E-state index contributed by atoms with van der Waals surface area (Å²) in [6, 6.07) is 97.3. The molecule has 0 fully saturated rings. The highest BCUT2D eigenvalue weighted by Gasteiger charge is 2.22. The van der Waals surface area contributed by atoms with E-state index in [4.69, 9.17) is 0 Å². The van der Waals surface area contributed by atoms with Crippen molar-refractivity contribution in [3.63, 3.8) is 0 Å². The summed E-state index contributed by atoms with van der Waals surface area (Å²) in [4.78, 5) is 4.71. The molecular formula is C70H50N2. The predicted octanol–water partition coefficient (Wildman–Crippen LogP) is 18.1. The quantitative estimate of drug-likeness (QED) is 0.126. The Kier molecular flexibility index (Phi) is 11.1. The Bertz CT molecular complexity index is 3950. The summed E-state index contributed by atoms with van der Waals surface area (Å²) in [6.45, 7) is 0. The van der Waals surface area contributed by atoms with E-state index in [-0.39, 0.29) is 0 Å². The fourth-order valence-electron chi connectivity index (χ4n) is 11.4. The molecule has 0 amide bonds. The smallest absolute Gasteiger partial charge is 0.0467 e. The second-order valence-electron chi connectivity index (χ2n) is 18.6. The van der Waals surface area contributed by atoms with Gasteiger partial charge < -0.3 is 9.80 Å². The lowest BCUT2D eigenvalue weighted by atomic mass is 9.83. The largest absolute Gasteiger partial charge is 0.310 e. The van der Waals surface area contributed by atoms with Crippen LogP contribution in [0.5, 0.6) is 0 Å². The first-order chi connectivity index (χ1) is 35.8. The molecule has 0 bridgehead atoms. The Labute approximate surface area is 421 Å². The zero-order valence-corrected chi connectivity index (χ0v) is 39.9. The van der Waals surface area contributed by atoms with E-state index >= 15 is 0 Å². The number of fused-ring (bicyclic) bond motifs is 4. The molecule has 0 N–H and O–H groups in total. The lowest BCUT2D eigenvalue weighted by molar-refractivity contribution is 1.12.